The molecule has 0 bridgehead atoms. The third-order valence-electron chi connectivity index (χ3n) is 3.77. The van der Waals surface area contributed by atoms with Crippen LogP contribution in [0.4, 0.5) is 0 Å². The van der Waals surface area contributed by atoms with Crippen molar-refractivity contribution in [2.45, 2.75) is 38.1 Å². The Morgan fingerprint density at radius 2 is 2.20 bits per heavy atom. The summed E-state index contributed by atoms with van der Waals surface area (Å²) in [6.07, 6.45) is 8.84. The van der Waals surface area contributed by atoms with Gasteiger partial charge in [-0.2, -0.15) is 10.2 Å². The second-order valence-corrected chi connectivity index (χ2v) is 5.29. The van der Waals surface area contributed by atoms with Crippen molar-refractivity contribution in [3.05, 3.63) is 31.1 Å². The first-order valence-electron chi connectivity index (χ1n) is 7.03. The average Bonchev–Trinajstić information content (AvgIpc) is 3.14. The van der Waals surface area contributed by atoms with Gasteiger partial charge in [-0.05, 0) is 25.5 Å². The molecule has 0 amide bonds. The van der Waals surface area contributed by atoms with E-state index in [4.69, 9.17) is 0 Å². The molecule has 1 aliphatic heterocycles. The largest absolute Gasteiger partial charge is 0.390 e. The van der Waals surface area contributed by atoms with Crippen LogP contribution >= 0.6 is 0 Å². The van der Waals surface area contributed by atoms with Gasteiger partial charge in [0.2, 0.25) is 0 Å². The van der Waals surface area contributed by atoms with E-state index in [0.717, 1.165) is 19.5 Å². The molecule has 7 nitrogen and oxygen atoms in total. The highest BCUT2D eigenvalue weighted by Gasteiger charge is 2.26. The van der Waals surface area contributed by atoms with Crippen LogP contribution in [0, 0.1) is 0 Å². The summed E-state index contributed by atoms with van der Waals surface area (Å²) in [4.78, 5) is 6.32. The van der Waals surface area contributed by atoms with E-state index >= 15 is 0 Å². The summed E-state index contributed by atoms with van der Waals surface area (Å²) in [5.74, 6) is 0. The molecular formula is C13H20N6O. The standard InChI is InChI=1S/C13H20N6O/c20-13(9-18-6-2-4-15-18)8-17-5-1-3-12(17)7-19-11-14-10-16-19/h2,4,6,10-13,20H,1,3,5,7-9H2/t12-,13-/m1/s1. The van der Waals surface area contributed by atoms with Gasteiger partial charge in [0.15, 0.2) is 0 Å². The molecule has 7 heteroatoms. The molecule has 1 N–H and O–H groups in total. The minimum Gasteiger partial charge on any atom is -0.390 e. The predicted molar refractivity (Wildman–Crippen MR) is 72.9 cm³/mol. The van der Waals surface area contributed by atoms with E-state index in [0.29, 0.717) is 19.1 Å². The van der Waals surface area contributed by atoms with E-state index in [1.165, 1.54) is 6.42 Å². The Hall–Kier alpha value is -1.73. The van der Waals surface area contributed by atoms with Crippen LogP contribution in [0.25, 0.3) is 0 Å². The smallest absolute Gasteiger partial charge is 0.137 e. The van der Waals surface area contributed by atoms with E-state index in [1.807, 2.05) is 16.9 Å². The summed E-state index contributed by atoms with van der Waals surface area (Å²) < 4.78 is 3.63. The summed E-state index contributed by atoms with van der Waals surface area (Å²) in [7, 11) is 0. The molecule has 0 aromatic carbocycles. The SMILES string of the molecule is O[C@H](CN1CCC[C@@H]1Cn1cncn1)Cn1cccn1. The molecule has 0 saturated carbocycles. The fraction of sp³-hybridized carbons (Fsp3) is 0.615. The van der Waals surface area contributed by atoms with Gasteiger partial charge in [-0.25, -0.2) is 4.98 Å². The van der Waals surface area contributed by atoms with Gasteiger partial charge < -0.3 is 5.11 Å². The maximum Gasteiger partial charge on any atom is 0.137 e. The number of nitrogens with zero attached hydrogens (tertiary/aromatic N) is 6. The van der Waals surface area contributed by atoms with Crippen LogP contribution in [0.2, 0.25) is 0 Å². The minimum atomic E-state index is -0.397. The Morgan fingerprint density at radius 3 is 2.95 bits per heavy atom. The first kappa shape index (κ1) is 13.3. The number of likely N-dealkylation sites (tertiary alicyclic amines) is 1. The fourth-order valence-corrected chi connectivity index (χ4v) is 2.84. The molecule has 1 aliphatic rings. The number of aliphatic hydroxyl groups is 1. The molecule has 20 heavy (non-hydrogen) atoms. The maximum absolute atomic E-state index is 10.2. The van der Waals surface area contributed by atoms with Crippen molar-refractivity contribution < 1.29 is 5.11 Å². The van der Waals surface area contributed by atoms with Gasteiger partial charge in [-0.1, -0.05) is 0 Å². The van der Waals surface area contributed by atoms with Crippen LogP contribution in [0.3, 0.4) is 0 Å². The van der Waals surface area contributed by atoms with Crippen molar-refractivity contribution in [2.24, 2.45) is 0 Å². The zero-order valence-electron chi connectivity index (χ0n) is 11.4. The van der Waals surface area contributed by atoms with Crippen LogP contribution in [-0.2, 0) is 13.1 Å². The zero-order valence-corrected chi connectivity index (χ0v) is 11.4. The molecule has 2 atom stereocenters. The van der Waals surface area contributed by atoms with Crippen LogP contribution in [0.15, 0.2) is 31.1 Å². The molecule has 108 valence electrons. The number of rotatable bonds is 6. The van der Waals surface area contributed by atoms with Gasteiger partial charge in [0, 0.05) is 25.0 Å². The summed E-state index contributed by atoms with van der Waals surface area (Å²) in [5, 5.41) is 18.5. The lowest BCUT2D eigenvalue weighted by atomic mass is 10.2. The second kappa shape index (κ2) is 6.15. The maximum atomic E-state index is 10.2. The third-order valence-corrected chi connectivity index (χ3v) is 3.77. The van der Waals surface area contributed by atoms with Gasteiger partial charge in [-0.3, -0.25) is 14.3 Å². The normalized spacial score (nSPS) is 21.4. The Kier molecular flexibility index (Phi) is 4.08. The average molecular weight is 276 g/mol. The molecule has 3 rings (SSSR count). The molecular weight excluding hydrogens is 256 g/mol. The van der Waals surface area contributed by atoms with E-state index in [9.17, 15) is 5.11 Å². The van der Waals surface area contributed by atoms with Crippen LogP contribution in [0.5, 0.6) is 0 Å². The Labute approximate surface area is 117 Å². The molecule has 0 aliphatic carbocycles. The molecule has 2 aromatic heterocycles. The molecule has 0 spiro atoms. The van der Waals surface area contributed by atoms with Gasteiger partial charge >= 0.3 is 0 Å². The highest BCUT2D eigenvalue weighted by atomic mass is 16.3. The van der Waals surface area contributed by atoms with Crippen molar-refractivity contribution in [1.29, 1.82) is 0 Å². The highest BCUT2D eigenvalue weighted by Crippen LogP contribution is 2.19. The molecule has 3 heterocycles. The predicted octanol–water partition coefficient (Wildman–Crippen LogP) is 0.0001000. The lowest BCUT2D eigenvalue weighted by molar-refractivity contribution is 0.0846. The topological polar surface area (TPSA) is 72.0 Å². The Balaban J connectivity index is 1.53. The second-order valence-electron chi connectivity index (χ2n) is 5.29. The van der Waals surface area contributed by atoms with Gasteiger partial charge in [0.05, 0.1) is 19.2 Å². The van der Waals surface area contributed by atoms with E-state index in [1.54, 1.807) is 23.5 Å². The van der Waals surface area contributed by atoms with Crippen molar-refractivity contribution in [2.75, 3.05) is 13.1 Å². The number of β-amino-alcohol motifs (C(OH)–C–C–N with tert-alkyl or cyclic N) is 1. The van der Waals surface area contributed by atoms with Gasteiger partial charge in [-0.15, -0.1) is 0 Å². The van der Waals surface area contributed by atoms with Crippen LogP contribution < -0.4 is 0 Å². The highest BCUT2D eigenvalue weighted by molar-refractivity contribution is 4.83. The number of aromatic nitrogens is 5. The molecule has 1 saturated heterocycles. The van der Waals surface area contributed by atoms with E-state index in [-0.39, 0.29) is 0 Å². The zero-order chi connectivity index (χ0) is 13.8. The van der Waals surface area contributed by atoms with Crippen molar-refractivity contribution in [1.82, 2.24) is 29.4 Å². The van der Waals surface area contributed by atoms with Gasteiger partial charge in [0.1, 0.15) is 12.7 Å². The molecule has 2 aromatic rings. The minimum absolute atomic E-state index is 0.397. The monoisotopic (exact) mass is 276 g/mol. The number of hydrogen-bond acceptors (Lipinski definition) is 5. The summed E-state index contributed by atoms with van der Waals surface area (Å²) in [6.45, 7) is 3.10. The Morgan fingerprint density at radius 1 is 1.25 bits per heavy atom. The summed E-state index contributed by atoms with van der Waals surface area (Å²) >= 11 is 0. The fourth-order valence-electron chi connectivity index (χ4n) is 2.84. The number of aliphatic hydroxyl groups excluding tert-OH is 1. The van der Waals surface area contributed by atoms with Crippen LogP contribution in [0.1, 0.15) is 12.8 Å². The first-order valence-corrected chi connectivity index (χ1v) is 7.03. The van der Waals surface area contributed by atoms with Crippen molar-refractivity contribution in [3.63, 3.8) is 0 Å². The number of hydrogen-bond donors (Lipinski definition) is 1. The quantitative estimate of drug-likeness (QED) is 0.804. The molecule has 0 radical (unpaired) electrons. The van der Waals surface area contributed by atoms with Crippen LogP contribution in [-0.4, -0.2) is 59.8 Å². The summed E-state index contributed by atoms with van der Waals surface area (Å²) in [6, 6.07) is 2.31. The van der Waals surface area contributed by atoms with Crippen molar-refractivity contribution in [3.8, 4) is 0 Å². The Bertz CT molecular complexity index is 497. The molecule has 0 unspecified atom stereocenters. The van der Waals surface area contributed by atoms with Gasteiger partial charge in [0.25, 0.3) is 0 Å². The lowest BCUT2D eigenvalue weighted by Gasteiger charge is -2.26. The third kappa shape index (κ3) is 3.23. The van der Waals surface area contributed by atoms with E-state index in [2.05, 4.69) is 20.1 Å². The lowest BCUT2D eigenvalue weighted by Crippen LogP contribution is -2.40. The van der Waals surface area contributed by atoms with E-state index < -0.39 is 6.10 Å². The summed E-state index contributed by atoms with van der Waals surface area (Å²) in [5.41, 5.74) is 0. The first-order chi connectivity index (χ1) is 9.81. The molecule has 1 fully saturated rings. The van der Waals surface area contributed by atoms with Crippen molar-refractivity contribution >= 4 is 0 Å².